The lowest BCUT2D eigenvalue weighted by atomic mass is 10.1. The number of amides is 1. The molecule has 1 fully saturated rings. The van der Waals surface area contributed by atoms with Crippen molar-refractivity contribution in [2.24, 2.45) is 11.7 Å². The van der Waals surface area contributed by atoms with Crippen LogP contribution in [0.3, 0.4) is 0 Å². The van der Waals surface area contributed by atoms with Crippen LogP contribution in [-0.4, -0.2) is 54.7 Å². The summed E-state index contributed by atoms with van der Waals surface area (Å²) in [5.41, 5.74) is 6.63. The highest BCUT2D eigenvalue weighted by atomic mass is 16.6. The van der Waals surface area contributed by atoms with Gasteiger partial charge in [-0.2, -0.15) is 0 Å². The summed E-state index contributed by atoms with van der Waals surface area (Å²) in [7, 11) is 0. The zero-order chi connectivity index (χ0) is 16.7. The van der Waals surface area contributed by atoms with Crippen LogP contribution in [0.15, 0.2) is 30.3 Å². The van der Waals surface area contributed by atoms with Crippen LogP contribution in [0.1, 0.15) is 25.8 Å². The Hall–Kier alpha value is -1.59. The number of ether oxygens (including phenoxy) is 1. The minimum atomic E-state index is -0.221. The first kappa shape index (κ1) is 17.8. The van der Waals surface area contributed by atoms with Gasteiger partial charge in [-0.3, -0.25) is 0 Å². The number of rotatable bonds is 7. The summed E-state index contributed by atoms with van der Waals surface area (Å²) in [5, 5.41) is 0. The van der Waals surface area contributed by atoms with E-state index in [2.05, 4.69) is 4.90 Å². The van der Waals surface area contributed by atoms with Crippen LogP contribution in [0.25, 0.3) is 0 Å². The third-order valence-corrected chi connectivity index (χ3v) is 4.33. The van der Waals surface area contributed by atoms with E-state index in [1.807, 2.05) is 49.1 Å². The van der Waals surface area contributed by atoms with E-state index in [1.54, 1.807) is 0 Å². The minimum Gasteiger partial charge on any atom is -0.445 e. The molecule has 1 heterocycles. The summed E-state index contributed by atoms with van der Waals surface area (Å²) in [6, 6.07) is 9.94. The van der Waals surface area contributed by atoms with Crippen molar-refractivity contribution in [3.63, 3.8) is 0 Å². The number of nitrogens with two attached hydrogens (primary N) is 1. The van der Waals surface area contributed by atoms with Crippen molar-refractivity contribution >= 4 is 6.09 Å². The third kappa shape index (κ3) is 5.52. The Morgan fingerprint density at radius 1 is 1.39 bits per heavy atom. The van der Waals surface area contributed by atoms with Gasteiger partial charge in [-0.15, -0.1) is 0 Å². The normalized spacial score (nSPS) is 18.3. The largest absolute Gasteiger partial charge is 0.445 e. The van der Waals surface area contributed by atoms with Gasteiger partial charge in [0.2, 0.25) is 0 Å². The van der Waals surface area contributed by atoms with Crippen molar-refractivity contribution in [2.45, 2.75) is 32.9 Å². The number of benzene rings is 1. The summed E-state index contributed by atoms with van der Waals surface area (Å²) in [6.45, 7) is 8.89. The molecule has 2 rings (SSSR count). The molecule has 0 spiro atoms. The number of likely N-dealkylation sites (tertiary alicyclic amines) is 1. The van der Waals surface area contributed by atoms with E-state index in [4.69, 9.17) is 10.5 Å². The van der Waals surface area contributed by atoms with Gasteiger partial charge in [0.1, 0.15) is 6.61 Å². The number of carbonyl (C=O) groups excluding carboxylic acids is 1. The van der Waals surface area contributed by atoms with Crippen LogP contribution >= 0.6 is 0 Å². The molecule has 1 aromatic rings. The van der Waals surface area contributed by atoms with Crippen molar-refractivity contribution in [3.05, 3.63) is 35.9 Å². The van der Waals surface area contributed by atoms with Gasteiger partial charge in [0.15, 0.2) is 0 Å². The smallest absolute Gasteiger partial charge is 0.410 e. The Balaban J connectivity index is 1.84. The fraction of sp³-hybridized carbons (Fsp3) is 0.611. The maximum Gasteiger partial charge on any atom is 0.410 e. The molecule has 5 heteroatoms. The zero-order valence-electron chi connectivity index (χ0n) is 14.3. The molecule has 0 aliphatic carbocycles. The molecular weight excluding hydrogens is 290 g/mol. The highest BCUT2D eigenvalue weighted by molar-refractivity contribution is 5.68. The first-order valence-corrected chi connectivity index (χ1v) is 8.50. The van der Waals surface area contributed by atoms with Crippen LogP contribution < -0.4 is 5.73 Å². The van der Waals surface area contributed by atoms with Crippen molar-refractivity contribution in [3.8, 4) is 0 Å². The van der Waals surface area contributed by atoms with E-state index in [1.165, 1.54) is 0 Å². The monoisotopic (exact) mass is 319 g/mol. The summed E-state index contributed by atoms with van der Waals surface area (Å²) < 4.78 is 5.49. The first-order chi connectivity index (χ1) is 11.1. The minimum absolute atomic E-state index is 0.141. The summed E-state index contributed by atoms with van der Waals surface area (Å²) >= 11 is 0. The third-order valence-electron chi connectivity index (χ3n) is 4.33. The van der Waals surface area contributed by atoms with Crippen LogP contribution in [0.5, 0.6) is 0 Å². The fourth-order valence-corrected chi connectivity index (χ4v) is 3.02. The van der Waals surface area contributed by atoms with Gasteiger partial charge < -0.3 is 20.3 Å². The number of carbonyl (C=O) groups is 1. The van der Waals surface area contributed by atoms with Gasteiger partial charge in [0.25, 0.3) is 0 Å². The van der Waals surface area contributed by atoms with Crippen LogP contribution in [0, 0.1) is 5.92 Å². The van der Waals surface area contributed by atoms with E-state index in [0.29, 0.717) is 19.1 Å². The maximum absolute atomic E-state index is 12.4. The number of hydrogen-bond donors (Lipinski definition) is 1. The second kappa shape index (κ2) is 8.89. The molecule has 5 nitrogen and oxygen atoms in total. The summed E-state index contributed by atoms with van der Waals surface area (Å²) in [6.07, 6.45) is 0.899. The van der Waals surface area contributed by atoms with Gasteiger partial charge >= 0.3 is 6.09 Å². The summed E-state index contributed by atoms with van der Waals surface area (Å²) in [4.78, 5) is 16.6. The molecular formula is C18H29N3O2. The Labute approximate surface area is 139 Å². The van der Waals surface area contributed by atoms with Crippen LogP contribution in [0.4, 0.5) is 4.79 Å². The molecule has 23 heavy (non-hydrogen) atoms. The lowest BCUT2D eigenvalue weighted by Crippen LogP contribution is -2.41. The molecule has 128 valence electrons. The first-order valence-electron chi connectivity index (χ1n) is 8.50. The lowest BCUT2D eigenvalue weighted by molar-refractivity contribution is 0.0794. The van der Waals surface area contributed by atoms with Gasteiger partial charge in [-0.1, -0.05) is 30.3 Å². The standard InChI is InChI=1S/C18H29N3O2/c1-15(2)21(13-17-8-10-20(12-17)11-9-19)18(22)23-14-16-6-4-3-5-7-16/h3-7,15,17H,8-14,19H2,1-2H3/t17-/m0/s1. The molecule has 0 aromatic heterocycles. The second-order valence-electron chi connectivity index (χ2n) is 6.53. The number of nitrogens with zero attached hydrogens (tertiary/aromatic N) is 2. The topological polar surface area (TPSA) is 58.8 Å². The Bertz CT molecular complexity index is 478. The molecule has 1 aliphatic heterocycles. The van der Waals surface area contributed by atoms with Crippen molar-refractivity contribution < 1.29 is 9.53 Å². The Morgan fingerprint density at radius 3 is 2.78 bits per heavy atom. The Kier molecular flexibility index (Phi) is 6.86. The molecule has 1 aliphatic rings. The highest BCUT2D eigenvalue weighted by Gasteiger charge is 2.27. The van der Waals surface area contributed by atoms with E-state index >= 15 is 0 Å². The molecule has 0 radical (unpaired) electrons. The predicted molar refractivity (Wildman–Crippen MR) is 92.1 cm³/mol. The van der Waals surface area contributed by atoms with Crippen molar-refractivity contribution in [1.82, 2.24) is 9.80 Å². The van der Waals surface area contributed by atoms with E-state index in [-0.39, 0.29) is 12.1 Å². The molecule has 0 saturated carbocycles. The van der Waals surface area contributed by atoms with Crippen molar-refractivity contribution in [2.75, 3.05) is 32.7 Å². The zero-order valence-corrected chi connectivity index (χ0v) is 14.3. The predicted octanol–water partition coefficient (Wildman–Crippen LogP) is 2.31. The van der Waals surface area contributed by atoms with Gasteiger partial charge in [0, 0.05) is 32.2 Å². The molecule has 1 saturated heterocycles. The van der Waals surface area contributed by atoms with E-state index in [9.17, 15) is 4.79 Å². The Morgan fingerprint density at radius 2 is 2.13 bits per heavy atom. The van der Waals surface area contributed by atoms with Crippen LogP contribution in [-0.2, 0) is 11.3 Å². The van der Waals surface area contributed by atoms with Crippen LogP contribution in [0.2, 0.25) is 0 Å². The number of hydrogen-bond acceptors (Lipinski definition) is 4. The molecule has 1 atom stereocenters. The molecule has 1 amide bonds. The average Bonchev–Trinajstić information content (AvgIpc) is 2.99. The average molecular weight is 319 g/mol. The molecule has 0 unspecified atom stereocenters. The summed E-state index contributed by atoms with van der Waals surface area (Å²) in [5.74, 6) is 0.508. The van der Waals surface area contributed by atoms with Crippen molar-refractivity contribution in [1.29, 1.82) is 0 Å². The quantitative estimate of drug-likeness (QED) is 0.838. The van der Waals surface area contributed by atoms with E-state index < -0.39 is 0 Å². The lowest BCUT2D eigenvalue weighted by Gasteiger charge is -2.28. The fourth-order valence-electron chi connectivity index (χ4n) is 3.02. The van der Waals surface area contributed by atoms with Gasteiger partial charge in [-0.05, 0) is 38.3 Å². The molecule has 2 N–H and O–H groups in total. The molecule has 1 aromatic carbocycles. The van der Waals surface area contributed by atoms with E-state index in [0.717, 1.165) is 38.2 Å². The SMILES string of the molecule is CC(C)N(C[C@H]1CCN(CCN)C1)C(=O)OCc1ccccc1. The maximum atomic E-state index is 12.4. The highest BCUT2D eigenvalue weighted by Crippen LogP contribution is 2.19. The van der Waals surface area contributed by atoms with Gasteiger partial charge in [-0.25, -0.2) is 4.79 Å². The van der Waals surface area contributed by atoms with Gasteiger partial charge in [0.05, 0.1) is 0 Å². The second-order valence-corrected chi connectivity index (χ2v) is 6.53. The molecule has 0 bridgehead atoms.